The van der Waals surface area contributed by atoms with Gasteiger partial charge in [-0.15, -0.1) is 0 Å². The molecule has 19 heavy (non-hydrogen) atoms. The number of unbranched alkanes of at least 4 members (excludes halogenated alkanes) is 5. The number of hydrogen-bond donors (Lipinski definition) is 1. The molecule has 0 saturated carbocycles. The van der Waals surface area contributed by atoms with Gasteiger partial charge in [0, 0.05) is 0 Å². The lowest BCUT2D eigenvalue weighted by molar-refractivity contribution is 0.0431. The fourth-order valence-electron chi connectivity index (χ4n) is 1.68. The third-order valence-electron chi connectivity index (χ3n) is 2.71. The number of amides is 1. The number of carbonyl (C=O) groups excluding carboxylic acids is 1. The molecule has 0 heterocycles. The lowest BCUT2D eigenvalue weighted by Crippen LogP contribution is -2.27. The number of hydrogen-bond acceptors (Lipinski definition) is 3. The van der Waals surface area contributed by atoms with E-state index < -0.39 is 6.09 Å². The highest BCUT2D eigenvalue weighted by Crippen LogP contribution is 2.08. The zero-order chi connectivity index (χ0) is 13.8. The van der Waals surface area contributed by atoms with Gasteiger partial charge in [0.25, 0.3) is 0 Å². The molecule has 0 aliphatic carbocycles. The van der Waals surface area contributed by atoms with Crippen molar-refractivity contribution < 1.29 is 14.4 Å². The first-order chi connectivity index (χ1) is 9.33. The van der Waals surface area contributed by atoms with Crippen LogP contribution in [0, 0.1) is 0 Å². The summed E-state index contributed by atoms with van der Waals surface area (Å²) in [5.41, 5.74) is 2.27. The van der Waals surface area contributed by atoms with Gasteiger partial charge in [0.2, 0.25) is 0 Å². The highest BCUT2D eigenvalue weighted by atomic mass is 16.7. The number of nitrogens with one attached hydrogen (secondary N) is 1. The van der Waals surface area contributed by atoms with Crippen LogP contribution >= 0.6 is 0 Å². The van der Waals surface area contributed by atoms with Crippen molar-refractivity contribution in [2.45, 2.75) is 45.4 Å². The van der Waals surface area contributed by atoms with Gasteiger partial charge in [-0.1, -0.05) is 57.2 Å². The first-order valence-corrected chi connectivity index (χ1v) is 6.97. The van der Waals surface area contributed by atoms with Gasteiger partial charge in [0.05, 0.1) is 6.61 Å². The Bertz CT molecular complexity index is 341. The Kier molecular flexibility index (Phi) is 8.47. The van der Waals surface area contributed by atoms with Crippen LogP contribution in [0.3, 0.4) is 0 Å². The minimum atomic E-state index is -0.586. The van der Waals surface area contributed by atoms with Crippen molar-refractivity contribution in [2.24, 2.45) is 0 Å². The van der Waals surface area contributed by atoms with Gasteiger partial charge in [-0.3, -0.25) is 4.84 Å². The molecule has 1 aromatic rings. The Balaban J connectivity index is 1.96. The van der Waals surface area contributed by atoms with Crippen LogP contribution in [0.1, 0.15) is 45.4 Å². The van der Waals surface area contributed by atoms with Crippen LogP contribution in [-0.2, 0) is 4.84 Å². The zero-order valence-electron chi connectivity index (χ0n) is 11.6. The number of para-hydroxylation sites is 1. The van der Waals surface area contributed by atoms with E-state index >= 15 is 0 Å². The van der Waals surface area contributed by atoms with E-state index in [1.807, 2.05) is 6.07 Å². The fraction of sp³-hybridized carbons (Fsp3) is 0.533. The number of hydroxylamine groups is 1. The maximum absolute atomic E-state index is 11.3. The summed E-state index contributed by atoms with van der Waals surface area (Å²) in [4.78, 5) is 16.4. The second-order valence-electron chi connectivity index (χ2n) is 4.42. The van der Waals surface area contributed by atoms with Crippen LogP contribution in [0.25, 0.3) is 0 Å². The zero-order valence-corrected chi connectivity index (χ0v) is 11.6. The first-order valence-electron chi connectivity index (χ1n) is 6.97. The monoisotopic (exact) mass is 265 g/mol. The summed E-state index contributed by atoms with van der Waals surface area (Å²) in [7, 11) is 0. The molecule has 0 unspecified atom stereocenters. The molecule has 1 amide bonds. The minimum absolute atomic E-state index is 0.503. The molecule has 0 spiro atoms. The highest BCUT2D eigenvalue weighted by Gasteiger charge is 2.02. The summed E-state index contributed by atoms with van der Waals surface area (Å²) < 4.78 is 5.00. The Hall–Kier alpha value is -1.55. The van der Waals surface area contributed by atoms with Crippen molar-refractivity contribution in [3.05, 3.63) is 30.3 Å². The molecule has 0 fully saturated rings. The number of carbonyl (C=O) groups is 1. The third kappa shape index (κ3) is 8.21. The van der Waals surface area contributed by atoms with Crippen LogP contribution in [0.5, 0.6) is 5.75 Å². The number of benzene rings is 1. The smallest absolute Gasteiger partial charge is 0.409 e. The topological polar surface area (TPSA) is 47.6 Å². The molecule has 0 saturated heterocycles. The third-order valence-corrected chi connectivity index (χ3v) is 2.71. The molecule has 1 N–H and O–H groups in total. The summed E-state index contributed by atoms with van der Waals surface area (Å²) in [5, 5.41) is 0. The molecule has 0 bridgehead atoms. The van der Waals surface area contributed by atoms with Gasteiger partial charge in [-0.2, -0.15) is 5.48 Å². The quantitative estimate of drug-likeness (QED) is 0.541. The molecule has 1 rings (SSSR count). The van der Waals surface area contributed by atoms with Crippen LogP contribution in [0.4, 0.5) is 4.79 Å². The predicted molar refractivity (Wildman–Crippen MR) is 74.9 cm³/mol. The molecule has 4 heteroatoms. The van der Waals surface area contributed by atoms with E-state index in [9.17, 15) is 4.79 Å². The van der Waals surface area contributed by atoms with Gasteiger partial charge >= 0.3 is 6.09 Å². The molecule has 106 valence electrons. The lowest BCUT2D eigenvalue weighted by atomic mass is 10.1. The average molecular weight is 265 g/mol. The molecule has 1 aromatic carbocycles. The lowest BCUT2D eigenvalue weighted by Gasteiger charge is -2.06. The Morgan fingerprint density at radius 1 is 1.05 bits per heavy atom. The molecule has 0 radical (unpaired) electrons. The first kappa shape index (κ1) is 15.5. The molecular formula is C15H23NO3. The van der Waals surface area contributed by atoms with Crippen molar-refractivity contribution in [1.29, 1.82) is 0 Å². The van der Waals surface area contributed by atoms with Gasteiger partial charge in [0.15, 0.2) is 0 Å². The van der Waals surface area contributed by atoms with Crippen LogP contribution in [0.2, 0.25) is 0 Å². The van der Waals surface area contributed by atoms with Crippen LogP contribution < -0.4 is 10.2 Å². The summed E-state index contributed by atoms with van der Waals surface area (Å²) in [5.74, 6) is 0.503. The predicted octanol–water partition coefficient (Wildman–Crippen LogP) is 4.07. The van der Waals surface area contributed by atoms with E-state index in [0.29, 0.717) is 12.4 Å². The average Bonchev–Trinajstić information content (AvgIpc) is 2.43. The van der Waals surface area contributed by atoms with Crippen molar-refractivity contribution in [3.63, 3.8) is 0 Å². The van der Waals surface area contributed by atoms with Crippen molar-refractivity contribution in [3.8, 4) is 5.75 Å². The summed E-state index contributed by atoms with van der Waals surface area (Å²) in [6.07, 6.45) is 6.56. The van der Waals surface area contributed by atoms with Gasteiger partial charge in [-0.25, -0.2) is 4.79 Å². The van der Waals surface area contributed by atoms with Gasteiger partial charge < -0.3 is 4.74 Å². The van der Waals surface area contributed by atoms with Crippen molar-refractivity contribution in [2.75, 3.05) is 6.61 Å². The standard InChI is InChI=1S/C15H23NO3/c1-2-3-4-5-6-10-13-18-16-15(17)19-14-11-8-7-9-12-14/h7-9,11-12H,2-6,10,13H2,1H3,(H,16,17). The van der Waals surface area contributed by atoms with E-state index in [1.54, 1.807) is 24.3 Å². The highest BCUT2D eigenvalue weighted by molar-refractivity contribution is 5.68. The molecule has 0 atom stereocenters. The number of ether oxygens (including phenoxy) is 1. The SMILES string of the molecule is CCCCCCCCONC(=O)Oc1ccccc1. The molecule has 0 aliphatic heterocycles. The van der Waals surface area contributed by atoms with E-state index in [4.69, 9.17) is 9.57 Å². The van der Waals surface area contributed by atoms with E-state index in [1.165, 1.54) is 25.7 Å². The Labute approximate surface area is 115 Å². The van der Waals surface area contributed by atoms with Gasteiger partial charge in [0.1, 0.15) is 5.75 Å². The summed E-state index contributed by atoms with van der Waals surface area (Å²) in [6, 6.07) is 8.90. The maximum Gasteiger partial charge on any atom is 0.436 e. The van der Waals surface area contributed by atoms with E-state index in [-0.39, 0.29) is 0 Å². The molecule has 0 aliphatic rings. The number of rotatable bonds is 9. The second-order valence-corrected chi connectivity index (χ2v) is 4.42. The van der Waals surface area contributed by atoms with E-state index in [0.717, 1.165) is 12.8 Å². The van der Waals surface area contributed by atoms with Crippen molar-refractivity contribution >= 4 is 6.09 Å². The second kappa shape index (κ2) is 10.4. The molecular weight excluding hydrogens is 242 g/mol. The van der Waals surface area contributed by atoms with Gasteiger partial charge in [-0.05, 0) is 18.6 Å². The normalized spacial score (nSPS) is 10.2. The summed E-state index contributed by atoms with van der Waals surface area (Å²) >= 11 is 0. The molecule has 4 nitrogen and oxygen atoms in total. The van der Waals surface area contributed by atoms with Crippen molar-refractivity contribution in [1.82, 2.24) is 5.48 Å². The summed E-state index contributed by atoms with van der Waals surface area (Å²) in [6.45, 7) is 2.72. The van der Waals surface area contributed by atoms with E-state index in [2.05, 4.69) is 12.4 Å². The molecule has 0 aromatic heterocycles. The van der Waals surface area contributed by atoms with Crippen LogP contribution in [-0.4, -0.2) is 12.7 Å². The fourth-order valence-corrected chi connectivity index (χ4v) is 1.68. The minimum Gasteiger partial charge on any atom is -0.409 e. The Morgan fingerprint density at radius 3 is 2.47 bits per heavy atom. The Morgan fingerprint density at radius 2 is 1.74 bits per heavy atom. The van der Waals surface area contributed by atoms with Crippen LogP contribution in [0.15, 0.2) is 30.3 Å². The largest absolute Gasteiger partial charge is 0.436 e. The maximum atomic E-state index is 11.3.